The van der Waals surface area contributed by atoms with Crippen molar-refractivity contribution in [3.63, 3.8) is 0 Å². The Bertz CT molecular complexity index is 781. The number of nitro groups is 1. The van der Waals surface area contributed by atoms with E-state index < -0.39 is 4.92 Å². The lowest BCUT2D eigenvalue weighted by Crippen LogP contribution is -2.28. The zero-order valence-electron chi connectivity index (χ0n) is 13.2. The standard InChI is InChI=1S/C17H16ClN3O4/c18-14-7-6-13(11-15(14)21(24)25)20-16(22)8-9-19-17(23)10-12-4-2-1-3-5-12/h1-7,11H,8-10H2,(H,19,23)(H,20,22). The van der Waals surface area contributed by atoms with E-state index in [-0.39, 0.29) is 47.6 Å². The molecule has 0 heterocycles. The van der Waals surface area contributed by atoms with Crippen LogP contribution in [-0.2, 0) is 16.0 Å². The summed E-state index contributed by atoms with van der Waals surface area (Å²) >= 11 is 5.71. The van der Waals surface area contributed by atoms with E-state index in [2.05, 4.69) is 10.6 Å². The third-order valence-corrected chi connectivity index (χ3v) is 3.63. The maximum Gasteiger partial charge on any atom is 0.289 e. The molecule has 0 spiro atoms. The Morgan fingerprint density at radius 2 is 1.80 bits per heavy atom. The van der Waals surface area contributed by atoms with Crippen molar-refractivity contribution in [2.45, 2.75) is 12.8 Å². The lowest BCUT2D eigenvalue weighted by Gasteiger charge is -2.07. The molecule has 0 radical (unpaired) electrons. The molecule has 0 atom stereocenters. The Kier molecular flexibility index (Phi) is 6.47. The molecule has 0 bridgehead atoms. The molecule has 0 aromatic heterocycles. The Balaban J connectivity index is 1.78. The summed E-state index contributed by atoms with van der Waals surface area (Å²) in [6.45, 7) is 0.174. The number of nitrogens with one attached hydrogen (secondary N) is 2. The molecule has 0 aliphatic rings. The minimum atomic E-state index is -0.623. The predicted octanol–water partition coefficient (Wildman–Crippen LogP) is 2.94. The number of carbonyl (C=O) groups excluding carboxylic acids is 2. The molecule has 2 amide bonds. The summed E-state index contributed by atoms with van der Waals surface area (Å²) < 4.78 is 0. The van der Waals surface area contributed by atoms with Gasteiger partial charge in [0.25, 0.3) is 5.69 Å². The molecule has 8 heteroatoms. The molecule has 0 saturated carbocycles. The van der Waals surface area contributed by atoms with Gasteiger partial charge in [0, 0.05) is 24.7 Å². The quantitative estimate of drug-likeness (QED) is 0.584. The average molecular weight is 362 g/mol. The molecule has 130 valence electrons. The van der Waals surface area contributed by atoms with Crippen LogP contribution in [0, 0.1) is 10.1 Å². The van der Waals surface area contributed by atoms with E-state index in [1.54, 1.807) is 0 Å². The lowest BCUT2D eigenvalue weighted by molar-refractivity contribution is -0.384. The minimum Gasteiger partial charge on any atom is -0.355 e. The van der Waals surface area contributed by atoms with Crippen LogP contribution in [0.3, 0.4) is 0 Å². The van der Waals surface area contributed by atoms with E-state index in [1.807, 2.05) is 30.3 Å². The number of nitro benzene ring substituents is 1. The first-order chi connectivity index (χ1) is 12.0. The van der Waals surface area contributed by atoms with Crippen molar-refractivity contribution in [2.75, 3.05) is 11.9 Å². The highest BCUT2D eigenvalue weighted by molar-refractivity contribution is 6.32. The second-order valence-electron chi connectivity index (χ2n) is 5.23. The number of hydrogen-bond acceptors (Lipinski definition) is 4. The van der Waals surface area contributed by atoms with Gasteiger partial charge in [0.1, 0.15) is 5.02 Å². The van der Waals surface area contributed by atoms with Gasteiger partial charge in [-0.1, -0.05) is 41.9 Å². The highest BCUT2D eigenvalue weighted by Gasteiger charge is 2.14. The zero-order valence-corrected chi connectivity index (χ0v) is 14.0. The molecule has 2 N–H and O–H groups in total. The minimum absolute atomic E-state index is 0.00354. The van der Waals surface area contributed by atoms with Crippen molar-refractivity contribution in [2.24, 2.45) is 0 Å². The number of nitrogens with zero attached hydrogens (tertiary/aromatic N) is 1. The Hall–Kier alpha value is -2.93. The highest BCUT2D eigenvalue weighted by Crippen LogP contribution is 2.27. The maximum absolute atomic E-state index is 11.9. The number of halogens is 1. The van der Waals surface area contributed by atoms with Crippen molar-refractivity contribution in [3.8, 4) is 0 Å². The number of amides is 2. The lowest BCUT2D eigenvalue weighted by atomic mass is 10.1. The van der Waals surface area contributed by atoms with Gasteiger partial charge in [-0.25, -0.2) is 0 Å². The summed E-state index contributed by atoms with van der Waals surface area (Å²) in [4.78, 5) is 33.8. The van der Waals surface area contributed by atoms with Crippen LogP contribution in [0.1, 0.15) is 12.0 Å². The first-order valence-electron chi connectivity index (χ1n) is 7.50. The molecule has 0 fully saturated rings. The fourth-order valence-electron chi connectivity index (χ4n) is 2.11. The molecule has 2 rings (SSSR count). The third kappa shape index (κ3) is 5.89. The largest absolute Gasteiger partial charge is 0.355 e. The summed E-state index contributed by atoms with van der Waals surface area (Å²) in [6.07, 6.45) is 0.294. The van der Waals surface area contributed by atoms with Crippen LogP contribution < -0.4 is 10.6 Å². The van der Waals surface area contributed by atoms with E-state index in [0.29, 0.717) is 0 Å². The topological polar surface area (TPSA) is 101 Å². The molecule has 2 aromatic rings. The van der Waals surface area contributed by atoms with Crippen LogP contribution in [0.4, 0.5) is 11.4 Å². The van der Waals surface area contributed by atoms with E-state index in [0.717, 1.165) is 5.56 Å². The van der Waals surface area contributed by atoms with Gasteiger partial charge in [-0.15, -0.1) is 0 Å². The molecule has 0 aliphatic carbocycles. The summed E-state index contributed by atoms with van der Waals surface area (Å²) in [6, 6.07) is 13.3. The average Bonchev–Trinajstić information content (AvgIpc) is 2.57. The fourth-order valence-corrected chi connectivity index (χ4v) is 2.30. The fraction of sp³-hybridized carbons (Fsp3) is 0.176. The number of anilines is 1. The SMILES string of the molecule is O=C(Cc1ccccc1)NCCC(=O)Nc1ccc(Cl)c([N+](=O)[O-])c1. The van der Waals surface area contributed by atoms with Crippen molar-refractivity contribution in [1.82, 2.24) is 5.32 Å². The van der Waals surface area contributed by atoms with Gasteiger partial charge < -0.3 is 10.6 Å². The second kappa shape index (κ2) is 8.79. The van der Waals surface area contributed by atoms with Gasteiger partial charge in [0.15, 0.2) is 0 Å². The van der Waals surface area contributed by atoms with Crippen molar-refractivity contribution >= 4 is 34.8 Å². The first kappa shape index (κ1) is 18.4. The van der Waals surface area contributed by atoms with E-state index in [4.69, 9.17) is 11.6 Å². The van der Waals surface area contributed by atoms with Crippen LogP contribution in [0.5, 0.6) is 0 Å². The molecule has 0 unspecified atom stereocenters. The summed E-state index contributed by atoms with van der Waals surface area (Å²) in [5.41, 5.74) is 0.880. The summed E-state index contributed by atoms with van der Waals surface area (Å²) in [5, 5.41) is 16.0. The van der Waals surface area contributed by atoms with Crippen molar-refractivity contribution in [1.29, 1.82) is 0 Å². The van der Waals surface area contributed by atoms with Gasteiger partial charge in [-0.3, -0.25) is 19.7 Å². The second-order valence-corrected chi connectivity index (χ2v) is 5.64. The molecular weight excluding hydrogens is 346 g/mol. The number of hydrogen-bond donors (Lipinski definition) is 2. The van der Waals surface area contributed by atoms with E-state index >= 15 is 0 Å². The van der Waals surface area contributed by atoms with Crippen molar-refractivity contribution in [3.05, 3.63) is 69.2 Å². The van der Waals surface area contributed by atoms with Crippen LogP contribution in [-0.4, -0.2) is 23.3 Å². The number of carbonyl (C=O) groups is 2. The number of benzene rings is 2. The Morgan fingerprint density at radius 3 is 2.48 bits per heavy atom. The Labute approximate surface area is 149 Å². The third-order valence-electron chi connectivity index (χ3n) is 3.31. The van der Waals surface area contributed by atoms with Crippen LogP contribution in [0.25, 0.3) is 0 Å². The molecule has 0 aliphatic heterocycles. The van der Waals surface area contributed by atoms with Gasteiger partial charge in [-0.2, -0.15) is 0 Å². The number of rotatable bonds is 7. The molecule has 7 nitrogen and oxygen atoms in total. The first-order valence-corrected chi connectivity index (χ1v) is 7.88. The van der Waals surface area contributed by atoms with E-state index in [1.165, 1.54) is 18.2 Å². The van der Waals surface area contributed by atoms with E-state index in [9.17, 15) is 19.7 Å². The molecule has 0 saturated heterocycles. The van der Waals surface area contributed by atoms with Crippen LogP contribution in [0.2, 0.25) is 5.02 Å². The molecular formula is C17H16ClN3O4. The predicted molar refractivity (Wildman–Crippen MR) is 94.5 cm³/mol. The van der Waals surface area contributed by atoms with Gasteiger partial charge >= 0.3 is 0 Å². The van der Waals surface area contributed by atoms with Crippen molar-refractivity contribution < 1.29 is 14.5 Å². The summed E-state index contributed by atoms with van der Waals surface area (Å²) in [7, 11) is 0. The summed E-state index contributed by atoms with van der Waals surface area (Å²) in [5.74, 6) is -0.544. The monoisotopic (exact) mass is 361 g/mol. The normalized spacial score (nSPS) is 10.1. The van der Waals surface area contributed by atoms with Gasteiger partial charge in [0.2, 0.25) is 11.8 Å². The van der Waals surface area contributed by atoms with Crippen LogP contribution in [0.15, 0.2) is 48.5 Å². The zero-order chi connectivity index (χ0) is 18.2. The Morgan fingerprint density at radius 1 is 1.08 bits per heavy atom. The molecule has 25 heavy (non-hydrogen) atoms. The van der Waals surface area contributed by atoms with Gasteiger partial charge in [0.05, 0.1) is 11.3 Å². The molecule has 2 aromatic carbocycles. The smallest absolute Gasteiger partial charge is 0.289 e. The highest BCUT2D eigenvalue weighted by atomic mass is 35.5. The van der Waals surface area contributed by atoms with Gasteiger partial charge in [-0.05, 0) is 17.7 Å². The van der Waals surface area contributed by atoms with Crippen LogP contribution >= 0.6 is 11.6 Å². The maximum atomic E-state index is 11.9.